The largest absolute Gasteiger partial charge is 0.481 e. The van der Waals surface area contributed by atoms with E-state index in [1.807, 2.05) is 13.8 Å². The summed E-state index contributed by atoms with van der Waals surface area (Å²) in [6.07, 6.45) is 0.462. The lowest BCUT2D eigenvalue weighted by Gasteiger charge is -2.15. The lowest BCUT2D eigenvalue weighted by Crippen LogP contribution is -2.33. The number of rotatable bonds is 8. The maximum atomic E-state index is 13.0. The van der Waals surface area contributed by atoms with Crippen molar-refractivity contribution >= 4 is 23.5 Å². The topological polar surface area (TPSA) is 95.5 Å². The highest BCUT2D eigenvalue weighted by molar-refractivity contribution is 6.05. The number of carbonyl (C=O) groups excluding carboxylic acids is 2. The first-order valence-corrected chi connectivity index (χ1v) is 8.94. The molecule has 28 heavy (non-hydrogen) atoms. The van der Waals surface area contributed by atoms with Crippen molar-refractivity contribution in [1.29, 1.82) is 0 Å². The van der Waals surface area contributed by atoms with Gasteiger partial charge in [0, 0.05) is 23.4 Å². The van der Waals surface area contributed by atoms with Gasteiger partial charge in [-0.05, 0) is 54.8 Å². The Morgan fingerprint density at radius 1 is 1.00 bits per heavy atom. The number of hydrogen-bond acceptors (Lipinski definition) is 3. The average molecular weight is 386 g/mol. The molecule has 0 aliphatic carbocycles. The minimum absolute atomic E-state index is 0.0263. The van der Waals surface area contributed by atoms with Crippen molar-refractivity contribution < 1.29 is 23.9 Å². The second kappa shape index (κ2) is 9.64. The maximum Gasteiger partial charge on any atom is 0.308 e. The minimum atomic E-state index is -0.950. The van der Waals surface area contributed by atoms with Crippen LogP contribution in [0.15, 0.2) is 48.5 Å². The molecule has 0 radical (unpaired) electrons. The Kier molecular flexibility index (Phi) is 7.26. The molecule has 2 amide bonds. The monoisotopic (exact) mass is 386 g/mol. The van der Waals surface area contributed by atoms with E-state index >= 15 is 0 Å². The zero-order valence-electron chi connectivity index (χ0n) is 15.7. The first-order chi connectivity index (χ1) is 13.3. The maximum absolute atomic E-state index is 13.0. The number of aliphatic carboxylic acids is 1. The summed E-state index contributed by atoms with van der Waals surface area (Å²) in [5, 5.41) is 14.5. The van der Waals surface area contributed by atoms with Gasteiger partial charge in [0.1, 0.15) is 5.82 Å². The molecule has 0 saturated carbocycles. The van der Waals surface area contributed by atoms with Crippen molar-refractivity contribution in [3.05, 3.63) is 65.5 Å². The first-order valence-electron chi connectivity index (χ1n) is 8.94. The van der Waals surface area contributed by atoms with Crippen LogP contribution in [0.4, 0.5) is 10.1 Å². The third-order valence-corrected chi connectivity index (χ3v) is 4.10. The van der Waals surface area contributed by atoms with Crippen LogP contribution >= 0.6 is 0 Å². The van der Waals surface area contributed by atoms with Gasteiger partial charge >= 0.3 is 5.97 Å². The summed E-state index contributed by atoms with van der Waals surface area (Å²) in [5.74, 6) is -2.71. The first kappa shape index (κ1) is 21.1. The molecular formula is C21H23FN2O4. The fourth-order valence-corrected chi connectivity index (χ4v) is 2.70. The standard InChI is InChI=1S/C21H23FN2O4/c1-13(2)10-16(21(27)28)12-23-19(25)15-4-3-5-18(11-15)24-20(26)14-6-8-17(22)9-7-14/h3-9,11,13,16H,10,12H2,1-2H3,(H,23,25)(H,24,26)(H,27,28). The molecule has 7 heteroatoms. The van der Waals surface area contributed by atoms with E-state index in [1.165, 1.54) is 30.3 Å². The smallest absolute Gasteiger partial charge is 0.308 e. The van der Waals surface area contributed by atoms with Gasteiger partial charge in [-0.1, -0.05) is 19.9 Å². The van der Waals surface area contributed by atoms with Gasteiger partial charge in [0.15, 0.2) is 0 Å². The van der Waals surface area contributed by atoms with Crippen molar-refractivity contribution in [2.24, 2.45) is 11.8 Å². The van der Waals surface area contributed by atoms with Gasteiger partial charge < -0.3 is 15.7 Å². The van der Waals surface area contributed by atoms with Crippen molar-refractivity contribution in [2.75, 3.05) is 11.9 Å². The summed E-state index contributed by atoms with van der Waals surface area (Å²) in [6.45, 7) is 3.87. The van der Waals surface area contributed by atoms with E-state index in [1.54, 1.807) is 18.2 Å². The van der Waals surface area contributed by atoms with E-state index in [2.05, 4.69) is 10.6 Å². The van der Waals surface area contributed by atoms with E-state index < -0.39 is 29.5 Å². The molecule has 6 nitrogen and oxygen atoms in total. The van der Waals surface area contributed by atoms with Gasteiger partial charge in [-0.2, -0.15) is 0 Å². The summed E-state index contributed by atoms with van der Waals surface area (Å²) in [7, 11) is 0. The third kappa shape index (κ3) is 6.19. The van der Waals surface area contributed by atoms with Crippen LogP contribution in [-0.4, -0.2) is 29.4 Å². The van der Waals surface area contributed by atoms with Crippen LogP contribution in [0.2, 0.25) is 0 Å². The van der Waals surface area contributed by atoms with Gasteiger partial charge in [0.05, 0.1) is 5.92 Å². The summed E-state index contributed by atoms with van der Waals surface area (Å²) in [5.41, 5.74) is 0.985. The van der Waals surface area contributed by atoms with Crippen molar-refractivity contribution in [2.45, 2.75) is 20.3 Å². The van der Waals surface area contributed by atoms with E-state index in [0.29, 0.717) is 17.7 Å². The van der Waals surface area contributed by atoms with E-state index in [-0.39, 0.29) is 18.0 Å². The predicted octanol–water partition coefficient (Wildman–Crippen LogP) is 3.55. The summed E-state index contributed by atoms with van der Waals surface area (Å²) < 4.78 is 13.0. The molecule has 0 aliphatic heterocycles. The number of anilines is 1. The Morgan fingerprint density at radius 2 is 1.68 bits per heavy atom. The molecule has 1 atom stereocenters. The minimum Gasteiger partial charge on any atom is -0.481 e. The van der Waals surface area contributed by atoms with Gasteiger partial charge in [-0.3, -0.25) is 14.4 Å². The Bertz CT molecular complexity index is 850. The van der Waals surface area contributed by atoms with Crippen LogP contribution in [0, 0.1) is 17.7 Å². The molecule has 2 aromatic rings. The Hall–Kier alpha value is -3.22. The van der Waals surface area contributed by atoms with Crippen LogP contribution in [0.25, 0.3) is 0 Å². The lowest BCUT2D eigenvalue weighted by molar-refractivity contribution is -0.142. The number of carbonyl (C=O) groups is 3. The number of hydrogen-bond donors (Lipinski definition) is 3. The Balaban J connectivity index is 2.01. The van der Waals surface area contributed by atoms with E-state index in [9.17, 15) is 23.9 Å². The second-order valence-electron chi connectivity index (χ2n) is 6.92. The predicted molar refractivity (Wildman–Crippen MR) is 104 cm³/mol. The molecule has 1 unspecified atom stereocenters. The lowest BCUT2D eigenvalue weighted by atomic mass is 9.97. The Morgan fingerprint density at radius 3 is 2.29 bits per heavy atom. The van der Waals surface area contributed by atoms with Gasteiger partial charge in [0.25, 0.3) is 11.8 Å². The van der Waals surface area contributed by atoms with Gasteiger partial charge in [-0.15, -0.1) is 0 Å². The molecule has 0 heterocycles. The molecule has 148 valence electrons. The zero-order chi connectivity index (χ0) is 20.7. The average Bonchev–Trinajstić information content (AvgIpc) is 2.65. The highest BCUT2D eigenvalue weighted by Gasteiger charge is 2.20. The van der Waals surface area contributed by atoms with Crippen LogP contribution in [0.3, 0.4) is 0 Å². The molecule has 0 aromatic heterocycles. The molecule has 3 N–H and O–H groups in total. The second-order valence-corrected chi connectivity index (χ2v) is 6.92. The molecule has 0 bridgehead atoms. The number of halogens is 1. The normalized spacial score (nSPS) is 11.7. The van der Waals surface area contributed by atoms with Gasteiger partial charge in [-0.25, -0.2) is 4.39 Å². The summed E-state index contributed by atoms with van der Waals surface area (Å²) in [4.78, 5) is 35.8. The fraction of sp³-hybridized carbons (Fsp3) is 0.286. The van der Waals surface area contributed by atoms with Crippen LogP contribution < -0.4 is 10.6 Å². The number of nitrogens with one attached hydrogen (secondary N) is 2. The highest BCUT2D eigenvalue weighted by Crippen LogP contribution is 2.14. The number of carboxylic acid groups (broad SMARTS) is 1. The number of benzene rings is 2. The van der Waals surface area contributed by atoms with Crippen molar-refractivity contribution in [1.82, 2.24) is 5.32 Å². The fourth-order valence-electron chi connectivity index (χ4n) is 2.70. The molecule has 0 spiro atoms. The van der Waals surface area contributed by atoms with Crippen LogP contribution in [0.5, 0.6) is 0 Å². The van der Waals surface area contributed by atoms with E-state index in [4.69, 9.17) is 0 Å². The van der Waals surface area contributed by atoms with Crippen LogP contribution in [-0.2, 0) is 4.79 Å². The number of amides is 2. The molecule has 0 aliphatic rings. The zero-order valence-corrected chi connectivity index (χ0v) is 15.7. The Labute approximate surface area is 162 Å². The third-order valence-electron chi connectivity index (χ3n) is 4.10. The summed E-state index contributed by atoms with van der Waals surface area (Å²) in [6, 6.07) is 11.4. The van der Waals surface area contributed by atoms with E-state index in [0.717, 1.165) is 0 Å². The van der Waals surface area contributed by atoms with Crippen LogP contribution in [0.1, 0.15) is 41.0 Å². The molecule has 2 rings (SSSR count). The SMILES string of the molecule is CC(C)CC(CNC(=O)c1cccc(NC(=O)c2ccc(F)cc2)c1)C(=O)O. The van der Waals surface area contributed by atoms with Gasteiger partial charge in [0.2, 0.25) is 0 Å². The highest BCUT2D eigenvalue weighted by atomic mass is 19.1. The molecular weight excluding hydrogens is 363 g/mol. The number of carboxylic acids is 1. The van der Waals surface area contributed by atoms with Crippen molar-refractivity contribution in [3.8, 4) is 0 Å². The van der Waals surface area contributed by atoms with Crippen molar-refractivity contribution in [3.63, 3.8) is 0 Å². The molecule has 0 saturated heterocycles. The quantitative estimate of drug-likeness (QED) is 0.646. The molecule has 0 fully saturated rings. The summed E-state index contributed by atoms with van der Waals surface area (Å²) >= 11 is 0. The molecule has 2 aromatic carbocycles.